The lowest BCUT2D eigenvalue weighted by atomic mass is 9.98. The van der Waals surface area contributed by atoms with Crippen LogP contribution >= 0.6 is 23.2 Å². The van der Waals surface area contributed by atoms with Crippen LogP contribution in [0, 0.1) is 12.7 Å². The fourth-order valence-electron chi connectivity index (χ4n) is 8.95. The normalized spacial score (nSPS) is 11.8. The van der Waals surface area contributed by atoms with Gasteiger partial charge in [0.1, 0.15) is 46.0 Å². The fourth-order valence-corrected chi connectivity index (χ4v) is 9.40. The van der Waals surface area contributed by atoms with E-state index in [-0.39, 0.29) is 51.5 Å². The fraction of sp³-hybridized carbons (Fsp3) is 0.250. The number of ether oxygens (including phenoxy) is 4. The third-order valence-electron chi connectivity index (χ3n) is 12.7. The van der Waals surface area contributed by atoms with Gasteiger partial charge in [-0.05, 0) is 127 Å². The summed E-state index contributed by atoms with van der Waals surface area (Å²) in [5.74, 6) is 2.61. The molecule has 378 valence electrons. The summed E-state index contributed by atoms with van der Waals surface area (Å²) in [6.45, 7) is 6.91. The number of fused-ring (bicyclic) bond motifs is 1. The SMILES string of the molecule is CCN(c1nc(Cl)nc2c(F)c(-c3nc(N(Cc4ccc(OC)cc4)Cc4ccc(OC)cc4)cc(C)c3C(F)(F)F)c(Cl)cc12)C(C)c1cccnc1N(Cc1ccc(OC)cc1)Cc1ccc(OC)cc1. The molecular formula is C56H53Cl2F4N7O4. The smallest absolute Gasteiger partial charge is 0.418 e. The molecule has 0 saturated carbocycles. The van der Waals surface area contributed by atoms with Crippen LogP contribution in [0.3, 0.4) is 0 Å². The van der Waals surface area contributed by atoms with Gasteiger partial charge in [0.2, 0.25) is 5.28 Å². The second-order valence-corrected chi connectivity index (χ2v) is 18.0. The predicted molar refractivity (Wildman–Crippen MR) is 280 cm³/mol. The van der Waals surface area contributed by atoms with Crippen molar-refractivity contribution in [2.75, 3.05) is 49.7 Å². The molecule has 73 heavy (non-hydrogen) atoms. The maximum absolute atomic E-state index is 17.7. The number of methoxy groups -OCH3 is 4. The highest BCUT2D eigenvalue weighted by Gasteiger charge is 2.39. The number of nitrogens with zero attached hydrogens (tertiary/aromatic N) is 7. The quantitative estimate of drug-likeness (QED) is 0.0572. The molecule has 8 rings (SSSR count). The number of alkyl halides is 3. The van der Waals surface area contributed by atoms with Crippen LogP contribution in [0.4, 0.5) is 35.0 Å². The molecule has 0 amide bonds. The molecule has 0 aliphatic heterocycles. The molecule has 0 radical (unpaired) electrons. The summed E-state index contributed by atoms with van der Waals surface area (Å²) < 4.78 is 85.3. The van der Waals surface area contributed by atoms with Crippen LogP contribution in [-0.2, 0) is 32.4 Å². The molecule has 1 unspecified atom stereocenters. The molecule has 0 N–H and O–H groups in total. The molecule has 0 aliphatic rings. The van der Waals surface area contributed by atoms with Gasteiger partial charge in [-0.2, -0.15) is 18.2 Å². The highest BCUT2D eigenvalue weighted by atomic mass is 35.5. The number of anilines is 3. The number of aryl methyl sites for hydroxylation is 1. The maximum atomic E-state index is 17.7. The van der Waals surface area contributed by atoms with E-state index in [1.54, 1.807) is 58.9 Å². The Hall–Kier alpha value is -7.36. The zero-order chi connectivity index (χ0) is 52.0. The molecule has 1 atom stereocenters. The van der Waals surface area contributed by atoms with E-state index in [1.165, 1.54) is 19.1 Å². The van der Waals surface area contributed by atoms with Crippen LogP contribution in [-0.4, -0.2) is 54.9 Å². The third kappa shape index (κ3) is 11.6. The van der Waals surface area contributed by atoms with Gasteiger partial charge in [-0.25, -0.2) is 19.3 Å². The first-order valence-corrected chi connectivity index (χ1v) is 24.1. The molecule has 8 aromatic rings. The van der Waals surface area contributed by atoms with Crippen molar-refractivity contribution < 1.29 is 36.5 Å². The number of rotatable bonds is 19. The van der Waals surface area contributed by atoms with E-state index in [2.05, 4.69) is 19.9 Å². The van der Waals surface area contributed by atoms with Crippen LogP contribution in [0.25, 0.3) is 22.2 Å². The Labute approximate surface area is 431 Å². The maximum Gasteiger partial charge on any atom is 0.418 e. The van der Waals surface area contributed by atoms with Crippen molar-refractivity contribution in [2.24, 2.45) is 0 Å². The third-order valence-corrected chi connectivity index (χ3v) is 13.1. The number of hydrogen-bond acceptors (Lipinski definition) is 11. The van der Waals surface area contributed by atoms with E-state index in [1.807, 2.05) is 109 Å². The Bertz CT molecular complexity index is 3090. The van der Waals surface area contributed by atoms with Gasteiger partial charge in [0.05, 0.1) is 56.3 Å². The Kier molecular flexibility index (Phi) is 16.1. The topological polar surface area (TPSA) is 98.2 Å². The monoisotopic (exact) mass is 1030 g/mol. The van der Waals surface area contributed by atoms with Crippen molar-refractivity contribution in [2.45, 2.75) is 59.2 Å². The first-order valence-electron chi connectivity index (χ1n) is 23.3. The second kappa shape index (κ2) is 22.6. The minimum atomic E-state index is -4.97. The number of halogens is 6. The van der Waals surface area contributed by atoms with Crippen LogP contribution in [0.5, 0.6) is 23.0 Å². The Balaban J connectivity index is 1.23. The van der Waals surface area contributed by atoms with Crippen molar-refractivity contribution in [3.05, 3.63) is 183 Å². The van der Waals surface area contributed by atoms with Gasteiger partial charge in [0.25, 0.3) is 0 Å². The van der Waals surface area contributed by atoms with Gasteiger partial charge >= 0.3 is 6.18 Å². The molecule has 3 heterocycles. The Morgan fingerprint density at radius 1 is 0.616 bits per heavy atom. The molecule has 5 aromatic carbocycles. The lowest BCUT2D eigenvalue weighted by Gasteiger charge is -2.34. The molecule has 3 aromatic heterocycles. The summed E-state index contributed by atoms with van der Waals surface area (Å²) in [5, 5.41) is -0.531. The van der Waals surface area contributed by atoms with E-state index in [0.717, 1.165) is 39.3 Å². The van der Waals surface area contributed by atoms with Crippen molar-refractivity contribution >= 4 is 51.6 Å². The van der Waals surface area contributed by atoms with Gasteiger partial charge in [0.15, 0.2) is 5.82 Å². The average molecular weight is 1030 g/mol. The van der Waals surface area contributed by atoms with Crippen LogP contribution in [0.15, 0.2) is 128 Å². The minimum Gasteiger partial charge on any atom is -0.497 e. The summed E-state index contributed by atoms with van der Waals surface area (Å²) >= 11 is 13.7. The molecule has 11 nitrogen and oxygen atoms in total. The average Bonchev–Trinajstić information content (AvgIpc) is 3.39. The summed E-state index contributed by atoms with van der Waals surface area (Å²) in [4.78, 5) is 24.4. The Morgan fingerprint density at radius 2 is 1.08 bits per heavy atom. The molecule has 0 aliphatic carbocycles. The largest absolute Gasteiger partial charge is 0.497 e. The van der Waals surface area contributed by atoms with Crippen molar-refractivity contribution in [1.29, 1.82) is 0 Å². The van der Waals surface area contributed by atoms with Gasteiger partial charge in [-0.15, -0.1) is 0 Å². The van der Waals surface area contributed by atoms with Crippen molar-refractivity contribution in [1.82, 2.24) is 19.9 Å². The number of benzene rings is 5. The van der Waals surface area contributed by atoms with E-state index in [9.17, 15) is 0 Å². The lowest BCUT2D eigenvalue weighted by molar-refractivity contribution is -0.137. The molecule has 0 fully saturated rings. The van der Waals surface area contributed by atoms with Crippen LogP contribution in [0.2, 0.25) is 10.3 Å². The summed E-state index contributed by atoms with van der Waals surface area (Å²) in [6.07, 6.45) is -3.24. The predicted octanol–water partition coefficient (Wildman–Crippen LogP) is 13.9. The highest BCUT2D eigenvalue weighted by molar-refractivity contribution is 6.34. The summed E-state index contributed by atoms with van der Waals surface area (Å²) in [6, 6.07) is 36.3. The van der Waals surface area contributed by atoms with Gasteiger partial charge in [0, 0.05) is 49.9 Å². The van der Waals surface area contributed by atoms with E-state index >= 15 is 17.6 Å². The second-order valence-electron chi connectivity index (χ2n) is 17.3. The number of aromatic nitrogens is 4. The van der Waals surface area contributed by atoms with Gasteiger partial charge in [-0.3, -0.25) is 0 Å². The Morgan fingerprint density at radius 3 is 1.52 bits per heavy atom. The molecule has 0 saturated heterocycles. The minimum absolute atomic E-state index is 0.130. The van der Waals surface area contributed by atoms with Crippen LogP contribution in [0.1, 0.15) is 58.8 Å². The summed E-state index contributed by atoms with van der Waals surface area (Å²) in [7, 11) is 6.35. The molecular weight excluding hydrogens is 982 g/mol. The van der Waals surface area contributed by atoms with Gasteiger partial charge < -0.3 is 33.6 Å². The van der Waals surface area contributed by atoms with E-state index in [4.69, 9.17) is 47.1 Å². The number of hydrogen-bond donors (Lipinski definition) is 0. The van der Waals surface area contributed by atoms with Crippen molar-refractivity contribution in [3.63, 3.8) is 0 Å². The zero-order valence-corrected chi connectivity index (χ0v) is 42.8. The van der Waals surface area contributed by atoms with Gasteiger partial charge in [-0.1, -0.05) is 66.2 Å². The zero-order valence-electron chi connectivity index (χ0n) is 41.3. The summed E-state index contributed by atoms with van der Waals surface area (Å²) in [5.41, 5.74) is 1.50. The number of pyridine rings is 2. The standard InChI is InChI=1S/C56H53Cl2F4N7O4/c1-8-69(35(3)44-10-9-27-63-53(44)68(32-38-15-23-42(72-6)24-16-38)33-39-17-25-43(73-7)26-18-39)54-45-29-46(57)48(50(59)51(45)65-55(58)66-54)52-49(56(60,61)62)34(2)28-47(64-52)67(30-36-11-19-40(70-4)20-12-36)31-37-13-21-41(71-5)22-14-37/h9-29,35H,8,30-33H2,1-7H3. The lowest BCUT2D eigenvalue weighted by Crippen LogP contribution is -2.31. The first-order chi connectivity index (χ1) is 35.1. The highest BCUT2D eigenvalue weighted by Crippen LogP contribution is 2.46. The van der Waals surface area contributed by atoms with E-state index < -0.39 is 34.9 Å². The molecule has 0 bridgehead atoms. The van der Waals surface area contributed by atoms with Crippen molar-refractivity contribution in [3.8, 4) is 34.3 Å². The molecule has 0 spiro atoms. The molecule has 17 heteroatoms. The van der Waals surface area contributed by atoms with E-state index in [0.29, 0.717) is 37.0 Å². The van der Waals surface area contributed by atoms with Crippen LogP contribution < -0.4 is 33.6 Å². The first kappa shape index (κ1) is 52.0.